The predicted octanol–water partition coefficient (Wildman–Crippen LogP) is 10.5. The molecule has 4 aromatic rings. The molecule has 2 N–H and O–H groups in total. The number of benzene rings is 4. The fourth-order valence-electron chi connectivity index (χ4n) is 3.42. The van der Waals surface area contributed by atoms with Crippen LogP contribution in [0.15, 0.2) is 78.9 Å². The molecular weight excluding hydrogens is 1340 g/mol. The number of carbonyl (C=O) groups is 2. The van der Waals surface area contributed by atoms with Crippen LogP contribution in [0.25, 0.3) is 0 Å². The van der Waals surface area contributed by atoms with Crippen molar-refractivity contribution >= 4 is 170 Å². The van der Waals surface area contributed by atoms with Gasteiger partial charge in [-0.2, -0.15) is 0 Å². The number of carbonyl (C=O) groups excluding carboxylic acids is 1. The molecular formula is C28H15I7O7. The Morgan fingerprint density at radius 2 is 1.14 bits per heavy atom. The number of alkyl halides is 4. The van der Waals surface area contributed by atoms with Crippen LogP contribution in [-0.4, -0.2) is 22.2 Å². The maximum Gasteiger partial charge on any atom is 0.342 e. The summed E-state index contributed by atoms with van der Waals surface area (Å²) in [5.74, 6) is 1.48. The van der Waals surface area contributed by atoms with Gasteiger partial charge in [0.25, 0.3) is 0 Å². The minimum absolute atomic E-state index is 0.157. The largest absolute Gasteiger partial charge is 0.508 e. The molecule has 0 unspecified atom stereocenters. The molecule has 0 saturated heterocycles. The highest BCUT2D eigenvalue weighted by Crippen LogP contribution is 2.46. The third kappa shape index (κ3) is 8.37. The quantitative estimate of drug-likeness (QED) is 0.0745. The van der Waals surface area contributed by atoms with Crippen LogP contribution in [0.1, 0.15) is 11.1 Å². The van der Waals surface area contributed by atoms with Crippen LogP contribution >= 0.6 is 158 Å². The van der Waals surface area contributed by atoms with Gasteiger partial charge in [0.1, 0.15) is 34.5 Å². The van der Waals surface area contributed by atoms with E-state index < -0.39 is 14.8 Å². The first-order valence-corrected chi connectivity index (χ1v) is 19.0. The van der Waals surface area contributed by atoms with E-state index in [4.69, 9.17) is 14.2 Å². The molecule has 218 valence electrons. The van der Waals surface area contributed by atoms with Gasteiger partial charge in [0.2, 0.25) is 0 Å². The number of esters is 1. The number of phenolic OH excluding ortho intramolecular Hbond substituents is 1. The molecule has 7 nitrogen and oxygen atoms in total. The monoisotopic (exact) mass is 1350 g/mol. The van der Waals surface area contributed by atoms with Crippen molar-refractivity contribution in [3.63, 3.8) is 0 Å². The third-order valence-electron chi connectivity index (χ3n) is 5.52. The molecule has 0 amide bonds. The van der Waals surface area contributed by atoms with Crippen LogP contribution in [0.3, 0.4) is 0 Å². The Morgan fingerprint density at radius 3 is 1.74 bits per heavy atom. The SMILES string of the molecule is O=C(Oc1ccc(Oc2ccc(C(I)(I)C(=O)O)c(I)c2I)cc1)C(I)(I)c1ccc(Oc2ccc(O)cc2)cc1I. The zero-order valence-electron chi connectivity index (χ0n) is 20.6. The fourth-order valence-corrected chi connectivity index (χ4v) is 9.86. The summed E-state index contributed by atoms with van der Waals surface area (Å²) in [6, 6.07) is 22.1. The van der Waals surface area contributed by atoms with Gasteiger partial charge in [-0.3, -0.25) is 0 Å². The first-order chi connectivity index (χ1) is 19.7. The topological polar surface area (TPSA) is 102 Å². The number of carboxylic acid groups (broad SMARTS) is 1. The minimum atomic E-state index is -1.09. The van der Waals surface area contributed by atoms with Gasteiger partial charge in [0, 0.05) is 18.3 Å². The number of aromatic hydroxyl groups is 1. The molecule has 0 heterocycles. The second kappa shape index (κ2) is 14.8. The van der Waals surface area contributed by atoms with Crippen molar-refractivity contribution in [3.8, 4) is 34.5 Å². The van der Waals surface area contributed by atoms with Gasteiger partial charge >= 0.3 is 11.9 Å². The molecule has 4 rings (SSSR count). The molecule has 0 aliphatic rings. The number of carboxylic acids is 1. The smallest absolute Gasteiger partial charge is 0.342 e. The van der Waals surface area contributed by atoms with Gasteiger partial charge in [0.15, 0.2) is 2.86 Å². The van der Waals surface area contributed by atoms with Crippen molar-refractivity contribution in [1.29, 1.82) is 0 Å². The van der Waals surface area contributed by atoms with Crippen molar-refractivity contribution in [3.05, 3.63) is 101 Å². The summed E-state index contributed by atoms with van der Waals surface area (Å²) in [5.41, 5.74) is 1.45. The molecule has 0 aliphatic heterocycles. The van der Waals surface area contributed by atoms with E-state index in [2.05, 4.69) is 113 Å². The average molecular weight is 1350 g/mol. The van der Waals surface area contributed by atoms with Crippen molar-refractivity contribution in [2.24, 2.45) is 0 Å². The van der Waals surface area contributed by atoms with Crippen LogP contribution in [-0.2, 0) is 12.4 Å². The fraction of sp³-hybridized carbons (Fsp3) is 0.0714. The highest BCUT2D eigenvalue weighted by molar-refractivity contribution is 14.2. The summed E-state index contributed by atoms with van der Waals surface area (Å²) in [7, 11) is 0. The highest BCUT2D eigenvalue weighted by Gasteiger charge is 2.39. The van der Waals surface area contributed by atoms with Crippen molar-refractivity contribution in [2.75, 3.05) is 0 Å². The number of phenols is 1. The Bertz CT molecular complexity index is 1640. The number of halogens is 7. The van der Waals surface area contributed by atoms with E-state index >= 15 is 0 Å². The van der Waals surface area contributed by atoms with Gasteiger partial charge in [-0.1, -0.05) is 12.1 Å². The van der Waals surface area contributed by atoms with Gasteiger partial charge in [0.05, 0.1) is 3.57 Å². The van der Waals surface area contributed by atoms with E-state index in [9.17, 15) is 19.8 Å². The standard InChI is InChI=1S/C28H15I7O7/c29-21-13-18(40-15-3-1-14(36)2-4-15)9-10-19(21)28(34,35)26(39)42-17-7-5-16(6-8-17)41-22-12-11-20(23(30)24(22)31)27(32,33)25(37)38/h1-13,36H,(H,37,38). The highest BCUT2D eigenvalue weighted by atomic mass is 127. The van der Waals surface area contributed by atoms with Crippen LogP contribution in [0.5, 0.6) is 34.5 Å². The summed E-state index contributed by atoms with van der Waals surface area (Å²) in [6.45, 7) is 0. The zero-order chi connectivity index (χ0) is 30.8. The van der Waals surface area contributed by atoms with Gasteiger partial charge < -0.3 is 24.4 Å². The normalized spacial score (nSPS) is 11.6. The van der Waals surface area contributed by atoms with E-state index in [1.165, 1.54) is 0 Å². The average Bonchev–Trinajstić information content (AvgIpc) is 2.93. The summed E-state index contributed by atoms with van der Waals surface area (Å²) in [6.07, 6.45) is 0. The number of hydrogen-bond donors (Lipinski definition) is 2. The lowest BCUT2D eigenvalue weighted by Crippen LogP contribution is -2.28. The molecule has 42 heavy (non-hydrogen) atoms. The van der Waals surface area contributed by atoms with Gasteiger partial charge in [-0.05, 0) is 225 Å². The summed E-state index contributed by atoms with van der Waals surface area (Å²) < 4.78 is 18.0. The molecule has 4 aromatic carbocycles. The number of ether oxygens (including phenoxy) is 3. The lowest BCUT2D eigenvalue weighted by Gasteiger charge is -2.21. The van der Waals surface area contributed by atoms with Crippen LogP contribution < -0.4 is 14.2 Å². The predicted molar refractivity (Wildman–Crippen MR) is 218 cm³/mol. The Balaban J connectivity index is 1.44. The van der Waals surface area contributed by atoms with Crippen LogP contribution in [0.4, 0.5) is 0 Å². The Hall–Kier alpha value is 0.330. The number of hydrogen-bond acceptors (Lipinski definition) is 6. The Kier molecular flexibility index (Phi) is 12.4. The molecule has 0 aliphatic carbocycles. The Labute approximate surface area is 336 Å². The molecule has 0 radical (unpaired) electrons. The number of aliphatic carboxylic acids is 1. The van der Waals surface area contributed by atoms with Crippen molar-refractivity contribution in [1.82, 2.24) is 0 Å². The molecule has 0 aromatic heterocycles. The second-order valence-corrected chi connectivity index (χ2v) is 22.3. The third-order valence-corrected chi connectivity index (χ3v) is 13.8. The molecule has 0 atom stereocenters. The first kappa shape index (κ1) is 35.2. The van der Waals surface area contributed by atoms with Crippen LogP contribution in [0, 0.1) is 10.7 Å². The van der Waals surface area contributed by atoms with E-state index in [1.807, 2.05) is 57.3 Å². The lowest BCUT2D eigenvalue weighted by molar-refractivity contribution is -0.136. The minimum Gasteiger partial charge on any atom is -0.508 e. The van der Waals surface area contributed by atoms with E-state index in [-0.39, 0.29) is 5.75 Å². The molecule has 0 bridgehead atoms. The molecule has 0 fully saturated rings. The maximum atomic E-state index is 13.2. The van der Waals surface area contributed by atoms with Crippen molar-refractivity contribution in [2.45, 2.75) is 2.86 Å². The maximum absolute atomic E-state index is 13.2. The molecule has 0 saturated carbocycles. The molecule has 14 heteroatoms. The Morgan fingerprint density at radius 1 is 0.619 bits per heavy atom. The second-order valence-electron chi connectivity index (χ2n) is 8.39. The summed E-state index contributed by atoms with van der Waals surface area (Å²) in [4.78, 5) is 25.0. The van der Waals surface area contributed by atoms with Gasteiger partial charge in [-0.15, -0.1) is 0 Å². The summed E-state index contributed by atoms with van der Waals surface area (Å²) >= 11 is 14.4. The first-order valence-electron chi connectivity index (χ1n) is 11.4. The van der Waals surface area contributed by atoms with Crippen LogP contribution in [0.2, 0.25) is 0 Å². The summed E-state index contributed by atoms with van der Waals surface area (Å²) in [5, 5.41) is 19.1. The van der Waals surface area contributed by atoms with E-state index in [1.54, 1.807) is 66.7 Å². The van der Waals surface area contributed by atoms with E-state index in [0.717, 1.165) is 16.3 Å². The molecule has 0 spiro atoms. The van der Waals surface area contributed by atoms with Gasteiger partial charge in [-0.25, -0.2) is 9.59 Å². The zero-order valence-corrected chi connectivity index (χ0v) is 35.7. The lowest BCUT2D eigenvalue weighted by atomic mass is 10.1. The van der Waals surface area contributed by atoms with Crippen molar-refractivity contribution < 1.29 is 34.0 Å². The van der Waals surface area contributed by atoms with E-state index in [0.29, 0.717) is 34.3 Å². The number of rotatable bonds is 9.